The van der Waals surface area contributed by atoms with Gasteiger partial charge in [0, 0.05) is 22.7 Å². The number of allylic oxidation sites excluding steroid dienone is 2. The van der Waals surface area contributed by atoms with E-state index < -0.39 is 23.4 Å². The van der Waals surface area contributed by atoms with E-state index in [1.165, 1.54) is 18.2 Å². The Bertz CT molecular complexity index is 1010. The van der Waals surface area contributed by atoms with Crippen molar-refractivity contribution >= 4 is 27.5 Å². The van der Waals surface area contributed by atoms with E-state index in [0.717, 1.165) is 0 Å². The second kappa shape index (κ2) is 10.7. The fourth-order valence-electron chi connectivity index (χ4n) is 3.05. The van der Waals surface area contributed by atoms with Crippen molar-refractivity contribution in [1.29, 1.82) is 0 Å². The maximum absolute atomic E-state index is 15.0. The van der Waals surface area contributed by atoms with E-state index in [1.807, 2.05) is 6.07 Å². The molecule has 0 fully saturated rings. The van der Waals surface area contributed by atoms with Crippen LogP contribution in [0.1, 0.15) is 23.5 Å². The van der Waals surface area contributed by atoms with Crippen molar-refractivity contribution in [2.45, 2.75) is 18.8 Å². The molecule has 30 heavy (non-hydrogen) atoms. The van der Waals surface area contributed by atoms with E-state index in [2.05, 4.69) is 15.9 Å². The molecule has 0 aliphatic carbocycles. The summed E-state index contributed by atoms with van der Waals surface area (Å²) in [5.74, 6) is -2.63. The minimum absolute atomic E-state index is 0.0402. The van der Waals surface area contributed by atoms with Crippen LogP contribution in [0.5, 0.6) is 11.5 Å². The first-order valence-electron chi connectivity index (χ1n) is 9.34. The van der Waals surface area contributed by atoms with Crippen LogP contribution >= 0.6 is 27.5 Å². The molecule has 0 spiro atoms. The van der Waals surface area contributed by atoms with Gasteiger partial charge in [0.15, 0.2) is 11.6 Å². The van der Waals surface area contributed by atoms with Gasteiger partial charge in [0.25, 0.3) is 0 Å². The molecule has 0 aliphatic rings. The van der Waals surface area contributed by atoms with Gasteiger partial charge in [0.2, 0.25) is 0 Å². The van der Waals surface area contributed by atoms with Crippen LogP contribution < -0.4 is 4.74 Å². The summed E-state index contributed by atoms with van der Waals surface area (Å²) in [6.07, 6.45) is 0.0797. The maximum Gasteiger partial charge on any atom is 0.165 e. The lowest BCUT2D eigenvalue weighted by Gasteiger charge is -2.16. The van der Waals surface area contributed by atoms with Crippen molar-refractivity contribution in [3.8, 4) is 11.5 Å². The number of ether oxygens (including phenoxy) is 1. The quantitative estimate of drug-likeness (QED) is 0.285. The van der Waals surface area contributed by atoms with Gasteiger partial charge >= 0.3 is 0 Å². The Kier molecular flexibility index (Phi) is 8.00. The molecule has 1 unspecified atom stereocenters. The molecule has 0 N–H and O–H groups in total. The van der Waals surface area contributed by atoms with E-state index >= 15 is 0 Å². The van der Waals surface area contributed by atoms with E-state index in [-0.39, 0.29) is 12.2 Å². The number of hydrogen-bond donors (Lipinski definition) is 0. The third kappa shape index (κ3) is 5.89. The zero-order valence-corrected chi connectivity index (χ0v) is 18.3. The SMILES string of the molecule is FC(Cc1ccc(F)c(Oc2ccccc2)c1)=C(F)C(CCBr)c1ccc(Cl)cc1. The highest BCUT2D eigenvalue weighted by Gasteiger charge is 2.21. The molecule has 0 aliphatic heterocycles. The average molecular weight is 496 g/mol. The van der Waals surface area contributed by atoms with Crippen LogP contribution in [-0.2, 0) is 6.42 Å². The number of halogens is 5. The number of alkyl halides is 1. The molecule has 3 aromatic carbocycles. The highest BCUT2D eigenvalue weighted by atomic mass is 79.9. The molecular weight excluding hydrogens is 477 g/mol. The van der Waals surface area contributed by atoms with Crippen LogP contribution in [0, 0.1) is 5.82 Å². The summed E-state index contributed by atoms with van der Waals surface area (Å²) < 4.78 is 49.4. The molecule has 0 aromatic heterocycles. The summed E-state index contributed by atoms with van der Waals surface area (Å²) in [5.41, 5.74) is 1.04. The lowest BCUT2D eigenvalue weighted by molar-refractivity contribution is 0.440. The normalized spacial score (nSPS) is 13.0. The summed E-state index contributed by atoms with van der Waals surface area (Å²) in [6.45, 7) is 0. The lowest BCUT2D eigenvalue weighted by Crippen LogP contribution is -2.04. The Morgan fingerprint density at radius 1 is 0.967 bits per heavy atom. The largest absolute Gasteiger partial charge is 0.454 e. The zero-order valence-electron chi connectivity index (χ0n) is 15.9. The Morgan fingerprint density at radius 2 is 1.67 bits per heavy atom. The molecule has 0 heterocycles. The first-order valence-corrected chi connectivity index (χ1v) is 10.8. The molecule has 1 nitrogen and oxygen atoms in total. The zero-order chi connectivity index (χ0) is 21.5. The molecule has 0 radical (unpaired) electrons. The van der Waals surface area contributed by atoms with Crippen LogP contribution in [-0.4, -0.2) is 5.33 Å². The van der Waals surface area contributed by atoms with Gasteiger partial charge in [-0.15, -0.1) is 0 Å². The summed E-state index contributed by atoms with van der Waals surface area (Å²) >= 11 is 9.20. The Morgan fingerprint density at radius 3 is 2.33 bits per heavy atom. The number of rotatable bonds is 8. The topological polar surface area (TPSA) is 9.23 Å². The molecule has 0 saturated heterocycles. The van der Waals surface area contributed by atoms with Crippen LogP contribution in [0.2, 0.25) is 5.02 Å². The summed E-state index contributed by atoms with van der Waals surface area (Å²) in [5, 5.41) is 1.03. The lowest BCUT2D eigenvalue weighted by atomic mass is 9.93. The van der Waals surface area contributed by atoms with E-state index in [1.54, 1.807) is 48.5 Å². The monoisotopic (exact) mass is 494 g/mol. The highest BCUT2D eigenvalue weighted by molar-refractivity contribution is 9.09. The van der Waals surface area contributed by atoms with Gasteiger partial charge in [0.05, 0.1) is 0 Å². The molecule has 0 amide bonds. The third-order valence-corrected chi connectivity index (χ3v) is 5.27. The second-order valence-corrected chi connectivity index (χ2v) is 7.92. The Balaban J connectivity index is 1.83. The molecule has 3 aromatic rings. The molecule has 0 bridgehead atoms. The molecule has 6 heteroatoms. The van der Waals surface area contributed by atoms with Gasteiger partial charge in [-0.3, -0.25) is 0 Å². The van der Waals surface area contributed by atoms with Crippen molar-refractivity contribution in [2.75, 3.05) is 5.33 Å². The summed E-state index contributed by atoms with van der Waals surface area (Å²) in [6, 6.07) is 19.4. The number of benzene rings is 3. The highest BCUT2D eigenvalue weighted by Crippen LogP contribution is 2.34. The van der Waals surface area contributed by atoms with Crippen LogP contribution in [0.3, 0.4) is 0 Å². The van der Waals surface area contributed by atoms with E-state index in [4.69, 9.17) is 16.3 Å². The minimum Gasteiger partial charge on any atom is -0.454 e. The summed E-state index contributed by atoms with van der Waals surface area (Å²) in [4.78, 5) is 0. The van der Waals surface area contributed by atoms with Gasteiger partial charge in [-0.25, -0.2) is 13.2 Å². The first-order chi connectivity index (χ1) is 14.5. The van der Waals surface area contributed by atoms with Gasteiger partial charge < -0.3 is 4.74 Å². The third-order valence-electron chi connectivity index (χ3n) is 4.56. The van der Waals surface area contributed by atoms with Gasteiger partial charge in [-0.1, -0.05) is 63.9 Å². The van der Waals surface area contributed by atoms with Crippen molar-refractivity contribution in [3.05, 3.63) is 106 Å². The van der Waals surface area contributed by atoms with Crippen molar-refractivity contribution in [1.82, 2.24) is 0 Å². The van der Waals surface area contributed by atoms with Gasteiger partial charge in [-0.05, 0) is 53.9 Å². The average Bonchev–Trinajstić information content (AvgIpc) is 2.75. The molecule has 0 saturated carbocycles. The number of hydrogen-bond acceptors (Lipinski definition) is 1. The van der Waals surface area contributed by atoms with Crippen LogP contribution in [0.25, 0.3) is 0 Å². The van der Waals surface area contributed by atoms with E-state index in [0.29, 0.717) is 33.6 Å². The molecular formula is C24H19BrClF3O. The van der Waals surface area contributed by atoms with Crippen LogP contribution in [0.4, 0.5) is 13.2 Å². The van der Waals surface area contributed by atoms with Crippen molar-refractivity contribution in [3.63, 3.8) is 0 Å². The minimum atomic E-state index is -0.895. The first kappa shape index (κ1) is 22.4. The second-order valence-electron chi connectivity index (χ2n) is 6.69. The summed E-state index contributed by atoms with van der Waals surface area (Å²) in [7, 11) is 0. The van der Waals surface area contributed by atoms with Crippen LogP contribution in [0.15, 0.2) is 84.5 Å². The molecule has 156 valence electrons. The predicted molar refractivity (Wildman–Crippen MR) is 118 cm³/mol. The fraction of sp³-hybridized carbons (Fsp3) is 0.167. The predicted octanol–water partition coefficient (Wildman–Crippen LogP) is 8.53. The molecule has 3 rings (SSSR count). The standard InChI is InChI=1S/C24H19BrClF3O/c25-13-12-20(17-7-9-18(26)10-8-17)24(29)22(28)14-16-6-11-21(27)23(15-16)30-19-4-2-1-3-5-19/h1-11,15,20H,12-14H2. The smallest absolute Gasteiger partial charge is 0.165 e. The van der Waals surface area contributed by atoms with Crippen molar-refractivity contribution < 1.29 is 17.9 Å². The maximum atomic E-state index is 15.0. The van der Waals surface area contributed by atoms with Gasteiger partial charge in [-0.2, -0.15) is 0 Å². The number of para-hydroxylation sites is 1. The Hall–Kier alpha value is -2.24. The molecule has 1 atom stereocenters. The van der Waals surface area contributed by atoms with Gasteiger partial charge in [0.1, 0.15) is 17.4 Å². The van der Waals surface area contributed by atoms with Crippen molar-refractivity contribution in [2.24, 2.45) is 0 Å². The fourth-order valence-corrected chi connectivity index (χ4v) is 3.63. The van der Waals surface area contributed by atoms with E-state index in [9.17, 15) is 13.2 Å². The Labute approximate surface area is 187 Å².